The zero-order chi connectivity index (χ0) is 12.7. The van der Waals surface area contributed by atoms with Crippen LogP contribution in [0, 0.1) is 11.3 Å². The normalized spacial score (nSPS) is 14.0. The number of nitrogens with two attached hydrogens (primary N) is 1. The van der Waals surface area contributed by atoms with Gasteiger partial charge in [0, 0.05) is 9.92 Å². The molecule has 92 valence electrons. The monoisotopic (exact) mass is 268 g/mol. The maximum absolute atomic E-state index is 8.94. The lowest BCUT2D eigenvalue weighted by Gasteiger charge is -2.18. The smallest absolute Gasteiger partial charge is 0.104 e. The summed E-state index contributed by atoms with van der Waals surface area (Å²) in [5.41, 5.74) is 5.25. The van der Waals surface area contributed by atoms with Crippen LogP contribution in [0.2, 0.25) is 5.02 Å². The van der Waals surface area contributed by atoms with Crippen LogP contribution in [0.1, 0.15) is 26.2 Å². The van der Waals surface area contributed by atoms with E-state index < -0.39 is 5.54 Å². The van der Waals surface area contributed by atoms with Crippen molar-refractivity contribution in [3.05, 3.63) is 29.3 Å². The van der Waals surface area contributed by atoms with Crippen molar-refractivity contribution in [1.82, 2.24) is 0 Å². The van der Waals surface area contributed by atoms with Crippen LogP contribution in [-0.4, -0.2) is 11.3 Å². The van der Waals surface area contributed by atoms with E-state index in [9.17, 15) is 0 Å². The van der Waals surface area contributed by atoms with Crippen LogP contribution in [-0.2, 0) is 0 Å². The first-order valence-corrected chi connectivity index (χ1v) is 7.04. The first kappa shape index (κ1) is 14.4. The maximum atomic E-state index is 8.94. The van der Waals surface area contributed by atoms with Gasteiger partial charge in [0.2, 0.25) is 0 Å². The van der Waals surface area contributed by atoms with Crippen molar-refractivity contribution in [2.45, 2.75) is 36.6 Å². The predicted molar refractivity (Wildman–Crippen MR) is 74.2 cm³/mol. The minimum absolute atomic E-state index is 0.658. The summed E-state index contributed by atoms with van der Waals surface area (Å²) in [5, 5.41) is 9.70. The third kappa shape index (κ3) is 4.99. The highest BCUT2D eigenvalue weighted by Crippen LogP contribution is 2.24. The summed E-state index contributed by atoms with van der Waals surface area (Å²) in [6.45, 7) is 1.95. The van der Waals surface area contributed by atoms with Crippen LogP contribution in [0.25, 0.3) is 0 Å². The molecule has 0 amide bonds. The Bertz CT molecular complexity index is 403. The van der Waals surface area contributed by atoms with Crippen LogP contribution in [0.4, 0.5) is 0 Å². The summed E-state index contributed by atoms with van der Waals surface area (Å²) in [4.78, 5) is 1.16. The van der Waals surface area contributed by atoms with Gasteiger partial charge in [-0.3, -0.25) is 0 Å². The van der Waals surface area contributed by atoms with E-state index in [0.29, 0.717) is 6.42 Å². The molecule has 0 saturated heterocycles. The number of rotatable bonds is 6. The van der Waals surface area contributed by atoms with E-state index in [2.05, 4.69) is 6.07 Å². The molecule has 1 aromatic rings. The topological polar surface area (TPSA) is 49.8 Å². The van der Waals surface area contributed by atoms with Crippen LogP contribution in [0.15, 0.2) is 29.2 Å². The van der Waals surface area contributed by atoms with Gasteiger partial charge in [-0.05, 0) is 43.2 Å². The Morgan fingerprint density at radius 1 is 1.53 bits per heavy atom. The molecule has 2 N–H and O–H groups in total. The Labute approximate surface area is 112 Å². The summed E-state index contributed by atoms with van der Waals surface area (Å²) in [6.07, 6.45) is 2.38. The van der Waals surface area contributed by atoms with Crippen molar-refractivity contribution in [2.75, 3.05) is 5.75 Å². The number of nitriles is 1. The van der Waals surface area contributed by atoms with Gasteiger partial charge in [-0.15, -0.1) is 11.8 Å². The highest BCUT2D eigenvalue weighted by atomic mass is 35.5. The molecule has 0 aliphatic heterocycles. The van der Waals surface area contributed by atoms with Crippen molar-refractivity contribution in [3.63, 3.8) is 0 Å². The molecule has 0 aliphatic rings. The lowest BCUT2D eigenvalue weighted by Crippen LogP contribution is -2.37. The molecule has 1 atom stereocenters. The van der Waals surface area contributed by atoms with Gasteiger partial charge in [-0.2, -0.15) is 5.26 Å². The fourth-order valence-corrected chi connectivity index (χ4v) is 2.61. The lowest BCUT2D eigenvalue weighted by molar-refractivity contribution is 0.478. The van der Waals surface area contributed by atoms with E-state index >= 15 is 0 Å². The molecule has 0 saturated carbocycles. The van der Waals surface area contributed by atoms with Crippen LogP contribution in [0.3, 0.4) is 0 Å². The third-order valence-electron chi connectivity index (χ3n) is 2.69. The van der Waals surface area contributed by atoms with Gasteiger partial charge in [0.15, 0.2) is 0 Å². The summed E-state index contributed by atoms with van der Waals surface area (Å²) in [6, 6.07) is 9.98. The van der Waals surface area contributed by atoms with Crippen molar-refractivity contribution in [2.24, 2.45) is 5.73 Å². The molecular weight excluding hydrogens is 252 g/mol. The van der Waals surface area contributed by atoms with Crippen LogP contribution in [0.5, 0.6) is 0 Å². The Kier molecular flexibility index (Phi) is 5.84. The quantitative estimate of drug-likeness (QED) is 0.630. The summed E-state index contributed by atoms with van der Waals surface area (Å²) in [5.74, 6) is 0.959. The van der Waals surface area contributed by atoms with E-state index in [0.717, 1.165) is 28.5 Å². The minimum Gasteiger partial charge on any atom is -0.313 e. The van der Waals surface area contributed by atoms with Gasteiger partial charge in [0.1, 0.15) is 5.54 Å². The van der Waals surface area contributed by atoms with Gasteiger partial charge in [-0.1, -0.05) is 24.6 Å². The van der Waals surface area contributed by atoms with Crippen molar-refractivity contribution < 1.29 is 0 Å². The first-order valence-electron chi connectivity index (χ1n) is 5.68. The maximum Gasteiger partial charge on any atom is 0.104 e. The van der Waals surface area contributed by atoms with E-state index in [1.807, 2.05) is 31.2 Å². The number of benzene rings is 1. The largest absolute Gasteiger partial charge is 0.313 e. The minimum atomic E-state index is -0.658. The Hall–Kier alpha value is -0.690. The summed E-state index contributed by atoms with van der Waals surface area (Å²) in [7, 11) is 0. The van der Waals surface area contributed by atoms with Crippen LogP contribution >= 0.6 is 23.4 Å². The van der Waals surface area contributed by atoms with E-state index in [1.165, 1.54) is 0 Å². The Balaban J connectivity index is 2.32. The van der Waals surface area contributed by atoms with Gasteiger partial charge in [0.25, 0.3) is 0 Å². The number of thioether (sulfide) groups is 1. The molecule has 1 aromatic carbocycles. The second kappa shape index (κ2) is 6.90. The average molecular weight is 269 g/mol. The molecule has 0 spiro atoms. The zero-order valence-corrected chi connectivity index (χ0v) is 11.5. The zero-order valence-electron chi connectivity index (χ0n) is 9.95. The molecule has 0 fully saturated rings. The van der Waals surface area contributed by atoms with Crippen molar-refractivity contribution in [3.8, 4) is 6.07 Å². The lowest BCUT2D eigenvalue weighted by atomic mass is 9.94. The van der Waals surface area contributed by atoms with Crippen molar-refractivity contribution >= 4 is 23.4 Å². The highest BCUT2D eigenvalue weighted by molar-refractivity contribution is 7.99. The van der Waals surface area contributed by atoms with Crippen molar-refractivity contribution in [1.29, 1.82) is 5.26 Å². The van der Waals surface area contributed by atoms with E-state index in [1.54, 1.807) is 11.8 Å². The average Bonchev–Trinajstić information content (AvgIpc) is 2.34. The molecule has 1 rings (SSSR count). The predicted octanol–water partition coefficient (Wildman–Crippen LogP) is 3.84. The molecule has 0 heterocycles. The standard InChI is InChI=1S/C13H17ClN2S/c1-2-13(16,10-15)7-4-8-17-12-6-3-5-11(14)9-12/h3,5-6,9H,2,4,7-8,16H2,1H3. The fraction of sp³-hybridized carbons (Fsp3) is 0.462. The Morgan fingerprint density at radius 3 is 2.88 bits per heavy atom. The van der Waals surface area contributed by atoms with Crippen LogP contribution < -0.4 is 5.73 Å². The second-order valence-electron chi connectivity index (χ2n) is 4.03. The van der Waals surface area contributed by atoms with E-state index in [4.69, 9.17) is 22.6 Å². The number of nitrogens with zero attached hydrogens (tertiary/aromatic N) is 1. The van der Waals surface area contributed by atoms with Gasteiger partial charge in [-0.25, -0.2) is 0 Å². The first-order chi connectivity index (χ1) is 8.09. The number of halogens is 1. The molecule has 0 aliphatic carbocycles. The summed E-state index contributed by atoms with van der Waals surface area (Å²) < 4.78 is 0. The fourth-order valence-electron chi connectivity index (χ4n) is 1.45. The second-order valence-corrected chi connectivity index (χ2v) is 5.64. The molecule has 4 heteroatoms. The molecule has 0 aromatic heterocycles. The molecule has 0 bridgehead atoms. The number of hydrogen-bond donors (Lipinski definition) is 1. The molecular formula is C13H17ClN2S. The van der Waals surface area contributed by atoms with Gasteiger partial charge < -0.3 is 5.73 Å². The Morgan fingerprint density at radius 2 is 2.29 bits per heavy atom. The van der Waals surface area contributed by atoms with Gasteiger partial charge in [0.05, 0.1) is 6.07 Å². The molecule has 1 unspecified atom stereocenters. The highest BCUT2D eigenvalue weighted by Gasteiger charge is 2.20. The van der Waals surface area contributed by atoms with E-state index in [-0.39, 0.29) is 0 Å². The SMILES string of the molecule is CCC(N)(C#N)CCCSc1cccc(Cl)c1. The molecule has 17 heavy (non-hydrogen) atoms. The molecule has 0 radical (unpaired) electrons. The van der Waals surface area contributed by atoms with Gasteiger partial charge >= 0.3 is 0 Å². The number of hydrogen-bond acceptors (Lipinski definition) is 3. The molecule has 2 nitrogen and oxygen atoms in total. The third-order valence-corrected chi connectivity index (χ3v) is 4.00. The summed E-state index contributed by atoms with van der Waals surface area (Å²) >= 11 is 7.65.